The van der Waals surface area contributed by atoms with E-state index in [9.17, 15) is 19.7 Å². The molecule has 1 aromatic heterocycles. The smallest absolute Gasteiger partial charge is 0.269 e. The summed E-state index contributed by atoms with van der Waals surface area (Å²) < 4.78 is 5.74. The van der Waals surface area contributed by atoms with Gasteiger partial charge in [0.15, 0.2) is 0 Å². The summed E-state index contributed by atoms with van der Waals surface area (Å²) in [5.74, 6) is -0.518. The summed E-state index contributed by atoms with van der Waals surface area (Å²) in [4.78, 5) is 41.7. The van der Waals surface area contributed by atoms with E-state index in [1.165, 1.54) is 29.2 Å². The summed E-state index contributed by atoms with van der Waals surface area (Å²) in [6.07, 6.45) is 1.60. The molecule has 2 aromatic carbocycles. The van der Waals surface area contributed by atoms with E-state index in [1.807, 2.05) is 47.8 Å². The van der Waals surface area contributed by atoms with Crippen LogP contribution in [-0.2, 0) is 22.6 Å². The molecule has 0 saturated carbocycles. The third-order valence-electron chi connectivity index (χ3n) is 5.88. The molecule has 182 valence electrons. The lowest BCUT2D eigenvalue weighted by molar-refractivity contribution is -0.384. The minimum Gasteiger partial charge on any atom is -0.376 e. The van der Waals surface area contributed by atoms with Gasteiger partial charge in [0.05, 0.1) is 17.6 Å². The first-order valence-corrected chi connectivity index (χ1v) is 12.4. The van der Waals surface area contributed by atoms with Gasteiger partial charge in [0.25, 0.3) is 11.6 Å². The number of hydrogen-bond acceptors (Lipinski definition) is 6. The number of benzene rings is 2. The van der Waals surface area contributed by atoms with Gasteiger partial charge in [-0.2, -0.15) is 0 Å². The van der Waals surface area contributed by atoms with E-state index in [0.29, 0.717) is 31.8 Å². The number of ether oxygens (including phenoxy) is 1. The minimum atomic E-state index is -0.506. The molecule has 1 unspecified atom stereocenters. The minimum absolute atomic E-state index is 0.0895. The van der Waals surface area contributed by atoms with Gasteiger partial charge in [-0.1, -0.05) is 36.4 Å². The summed E-state index contributed by atoms with van der Waals surface area (Å²) in [6.45, 7) is 1.70. The molecule has 1 aliphatic heterocycles. The van der Waals surface area contributed by atoms with Crippen molar-refractivity contribution in [1.82, 2.24) is 9.80 Å². The van der Waals surface area contributed by atoms with Crippen molar-refractivity contribution in [2.45, 2.75) is 32.0 Å². The van der Waals surface area contributed by atoms with E-state index in [4.69, 9.17) is 4.74 Å². The molecule has 2 amide bonds. The number of amides is 2. The quantitative estimate of drug-likeness (QED) is 0.306. The highest BCUT2D eigenvalue weighted by Gasteiger charge is 2.27. The number of non-ortho nitro benzene ring substituents is 1. The van der Waals surface area contributed by atoms with E-state index >= 15 is 0 Å². The molecule has 0 radical (unpaired) electrons. The normalized spacial score (nSPS) is 15.0. The molecule has 3 aromatic rings. The van der Waals surface area contributed by atoms with Crippen molar-refractivity contribution in [1.29, 1.82) is 0 Å². The number of hydrogen-bond donors (Lipinski definition) is 0. The number of carbonyl (C=O) groups is 2. The Morgan fingerprint density at radius 3 is 2.40 bits per heavy atom. The number of nitro groups is 1. The van der Waals surface area contributed by atoms with Crippen LogP contribution < -0.4 is 0 Å². The average Bonchev–Trinajstić information content (AvgIpc) is 3.58. The van der Waals surface area contributed by atoms with E-state index in [0.717, 1.165) is 23.3 Å². The van der Waals surface area contributed by atoms with Gasteiger partial charge in [0.1, 0.15) is 6.54 Å². The standard InChI is InChI=1S/C26H27N3O5S/c30-25(27(18-24-9-5-15-35-24)16-20-6-2-1-3-7-20)19-28(17-23-8-4-14-34-23)26(31)21-10-12-22(13-11-21)29(32)33/h1-3,5-7,9-13,15,23H,4,8,14,16-19H2. The lowest BCUT2D eigenvalue weighted by Gasteiger charge is -2.29. The van der Waals surface area contributed by atoms with Crippen LogP contribution in [0.5, 0.6) is 0 Å². The van der Waals surface area contributed by atoms with Crippen molar-refractivity contribution in [3.05, 3.63) is 98.2 Å². The summed E-state index contributed by atoms with van der Waals surface area (Å²) in [7, 11) is 0. The predicted octanol–water partition coefficient (Wildman–Crippen LogP) is 4.51. The molecule has 1 atom stereocenters. The van der Waals surface area contributed by atoms with E-state index in [2.05, 4.69) is 0 Å². The van der Waals surface area contributed by atoms with Crippen LogP contribution in [0, 0.1) is 10.1 Å². The first-order valence-electron chi connectivity index (χ1n) is 11.5. The third kappa shape index (κ3) is 6.74. The van der Waals surface area contributed by atoms with Crippen molar-refractivity contribution < 1.29 is 19.2 Å². The Balaban J connectivity index is 1.54. The number of nitrogens with zero attached hydrogens (tertiary/aromatic N) is 3. The van der Waals surface area contributed by atoms with Crippen molar-refractivity contribution in [3.8, 4) is 0 Å². The van der Waals surface area contributed by atoms with Crippen molar-refractivity contribution >= 4 is 28.8 Å². The molecule has 0 aliphatic carbocycles. The average molecular weight is 494 g/mol. The molecule has 9 heteroatoms. The summed E-state index contributed by atoms with van der Waals surface area (Å²) in [6, 6.07) is 19.2. The molecule has 4 rings (SSSR count). The molecule has 2 heterocycles. The van der Waals surface area contributed by atoms with Crippen molar-refractivity contribution in [2.24, 2.45) is 0 Å². The Bertz CT molecular complexity index is 1130. The van der Waals surface area contributed by atoms with Crippen LogP contribution in [0.1, 0.15) is 33.6 Å². The maximum atomic E-state index is 13.5. The molecule has 1 fully saturated rings. The zero-order chi connectivity index (χ0) is 24.6. The van der Waals surface area contributed by atoms with Crippen molar-refractivity contribution in [2.75, 3.05) is 19.7 Å². The number of thiophene rings is 1. The summed E-state index contributed by atoms with van der Waals surface area (Å²) >= 11 is 1.58. The zero-order valence-electron chi connectivity index (χ0n) is 19.2. The molecule has 1 saturated heterocycles. The van der Waals surface area contributed by atoms with Crippen molar-refractivity contribution in [3.63, 3.8) is 0 Å². The maximum absolute atomic E-state index is 13.5. The monoisotopic (exact) mass is 493 g/mol. The van der Waals surface area contributed by atoms with Gasteiger partial charge in [-0.3, -0.25) is 19.7 Å². The lowest BCUT2D eigenvalue weighted by Crippen LogP contribution is -2.45. The van der Waals surface area contributed by atoms with E-state index in [1.54, 1.807) is 16.2 Å². The van der Waals surface area contributed by atoms with Crippen LogP contribution in [0.2, 0.25) is 0 Å². The molecular weight excluding hydrogens is 466 g/mol. The van der Waals surface area contributed by atoms with Crippen LogP contribution >= 0.6 is 11.3 Å². The topological polar surface area (TPSA) is 93.0 Å². The van der Waals surface area contributed by atoms with Crippen LogP contribution in [0.4, 0.5) is 5.69 Å². The highest BCUT2D eigenvalue weighted by molar-refractivity contribution is 7.09. The molecule has 0 bridgehead atoms. The Morgan fingerprint density at radius 1 is 1.00 bits per heavy atom. The number of carbonyl (C=O) groups excluding carboxylic acids is 2. The molecule has 0 N–H and O–H groups in total. The molecule has 8 nitrogen and oxygen atoms in total. The van der Waals surface area contributed by atoms with Gasteiger partial charge in [-0.15, -0.1) is 11.3 Å². The predicted molar refractivity (Wildman–Crippen MR) is 133 cm³/mol. The fraction of sp³-hybridized carbons (Fsp3) is 0.308. The number of nitro benzene ring substituents is 1. The van der Waals surface area contributed by atoms with Gasteiger partial charge >= 0.3 is 0 Å². The fourth-order valence-electron chi connectivity index (χ4n) is 4.05. The number of rotatable bonds is 10. The van der Waals surface area contributed by atoms with Gasteiger partial charge in [-0.25, -0.2) is 0 Å². The first-order chi connectivity index (χ1) is 17.0. The molecular formula is C26H27N3O5S. The second-order valence-electron chi connectivity index (χ2n) is 8.44. The Morgan fingerprint density at radius 2 is 1.77 bits per heavy atom. The van der Waals surface area contributed by atoms with Crippen LogP contribution in [0.15, 0.2) is 72.1 Å². The second-order valence-corrected chi connectivity index (χ2v) is 9.47. The molecule has 1 aliphatic rings. The molecule has 0 spiro atoms. The van der Waals surface area contributed by atoms with Crippen LogP contribution in [0.3, 0.4) is 0 Å². The Hall–Kier alpha value is -3.56. The fourth-order valence-corrected chi connectivity index (χ4v) is 4.77. The van der Waals surface area contributed by atoms with Gasteiger partial charge in [0, 0.05) is 42.3 Å². The summed E-state index contributed by atoms with van der Waals surface area (Å²) in [5, 5.41) is 13.0. The third-order valence-corrected chi connectivity index (χ3v) is 6.74. The molecule has 35 heavy (non-hydrogen) atoms. The van der Waals surface area contributed by atoms with E-state index in [-0.39, 0.29) is 30.2 Å². The Labute approximate surface area is 207 Å². The van der Waals surface area contributed by atoms with Gasteiger partial charge < -0.3 is 14.5 Å². The highest BCUT2D eigenvalue weighted by Crippen LogP contribution is 2.19. The zero-order valence-corrected chi connectivity index (χ0v) is 20.1. The van der Waals surface area contributed by atoms with Gasteiger partial charge in [-0.05, 0) is 42.0 Å². The Kier molecular flexibility index (Phi) is 8.23. The second kappa shape index (κ2) is 11.7. The lowest BCUT2D eigenvalue weighted by atomic mass is 10.1. The van der Waals surface area contributed by atoms with Crippen LogP contribution in [-0.4, -0.2) is 52.3 Å². The van der Waals surface area contributed by atoms with Gasteiger partial charge in [0.2, 0.25) is 5.91 Å². The summed E-state index contributed by atoms with van der Waals surface area (Å²) in [5.41, 5.74) is 1.22. The SMILES string of the molecule is O=C(CN(CC1CCCO1)C(=O)c1ccc([N+](=O)[O-])cc1)N(Cc1ccccc1)Cc1cccs1. The van der Waals surface area contributed by atoms with Crippen LogP contribution in [0.25, 0.3) is 0 Å². The van der Waals surface area contributed by atoms with E-state index < -0.39 is 4.92 Å². The maximum Gasteiger partial charge on any atom is 0.269 e. The largest absolute Gasteiger partial charge is 0.376 e. The highest BCUT2D eigenvalue weighted by atomic mass is 32.1. The first kappa shape index (κ1) is 24.6.